The number of anilines is 1. The second kappa shape index (κ2) is 6.46. The number of rotatable bonds is 3. The molecule has 0 saturated carbocycles. The summed E-state index contributed by atoms with van der Waals surface area (Å²) in [4.78, 5) is 36.2. The lowest BCUT2D eigenvalue weighted by atomic mass is 10.1. The summed E-state index contributed by atoms with van der Waals surface area (Å²) in [6, 6.07) is 3.67. The van der Waals surface area contributed by atoms with Crippen molar-refractivity contribution in [1.29, 1.82) is 0 Å². The van der Waals surface area contributed by atoms with Crippen molar-refractivity contribution < 1.29 is 19.2 Å². The van der Waals surface area contributed by atoms with E-state index in [-0.39, 0.29) is 11.6 Å². The number of benzene rings is 1. The molecule has 1 aliphatic rings. The number of hydrogen-bond acceptors (Lipinski definition) is 5. The molecule has 1 atom stereocenters. The molecule has 1 unspecified atom stereocenters. The van der Waals surface area contributed by atoms with Crippen LogP contribution in [-0.4, -0.2) is 35.1 Å². The number of nitrogens with zero attached hydrogens (tertiary/aromatic N) is 2. The van der Waals surface area contributed by atoms with Crippen LogP contribution in [0, 0.1) is 10.1 Å². The summed E-state index contributed by atoms with van der Waals surface area (Å²) < 4.78 is 5.13. The van der Waals surface area contributed by atoms with Crippen molar-refractivity contribution in [1.82, 2.24) is 5.32 Å². The summed E-state index contributed by atoms with van der Waals surface area (Å²) in [5, 5.41) is 13.4. The van der Waals surface area contributed by atoms with Gasteiger partial charge in [-0.3, -0.25) is 14.9 Å². The maximum absolute atomic E-state index is 12.6. The van der Waals surface area contributed by atoms with E-state index >= 15 is 0 Å². The first kappa shape index (κ1) is 17.7. The van der Waals surface area contributed by atoms with Gasteiger partial charge in [-0.2, -0.15) is 0 Å². The van der Waals surface area contributed by atoms with Crippen LogP contribution < -0.4 is 10.2 Å². The van der Waals surface area contributed by atoms with E-state index in [1.165, 1.54) is 17.0 Å². The molecule has 2 rings (SSSR count). The smallest absolute Gasteiger partial charge is 0.408 e. The normalized spacial score (nSPS) is 14.8. The molecule has 24 heavy (non-hydrogen) atoms. The lowest BCUT2D eigenvalue weighted by molar-refractivity contribution is -0.384. The molecule has 0 saturated heterocycles. The molecule has 1 aromatic rings. The fourth-order valence-electron chi connectivity index (χ4n) is 2.49. The van der Waals surface area contributed by atoms with Crippen molar-refractivity contribution >= 4 is 23.4 Å². The van der Waals surface area contributed by atoms with Gasteiger partial charge in [0.2, 0.25) is 5.91 Å². The number of amides is 2. The largest absolute Gasteiger partial charge is 0.444 e. The molecule has 0 fully saturated rings. The molecule has 130 valence electrons. The van der Waals surface area contributed by atoms with Crippen molar-refractivity contribution in [3.63, 3.8) is 0 Å². The molecule has 0 aromatic heterocycles. The summed E-state index contributed by atoms with van der Waals surface area (Å²) >= 11 is 0. The minimum absolute atomic E-state index is 0.0683. The zero-order valence-corrected chi connectivity index (χ0v) is 14.2. The molecule has 8 heteroatoms. The molecule has 8 nitrogen and oxygen atoms in total. The van der Waals surface area contributed by atoms with Gasteiger partial charge in [0.15, 0.2) is 0 Å². The Kier molecular flexibility index (Phi) is 4.77. The maximum atomic E-state index is 12.6. The van der Waals surface area contributed by atoms with E-state index in [1.807, 2.05) is 0 Å². The first-order valence-electron chi connectivity index (χ1n) is 7.66. The number of nitro groups is 1. The van der Waals surface area contributed by atoms with E-state index in [2.05, 4.69) is 5.32 Å². The fourth-order valence-corrected chi connectivity index (χ4v) is 2.49. The summed E-state index contributed by atoms with van der Waals surface area (Å²) in [5.74, 6) is -0.333. The third kappa shape index (κ3) is 4.01. The van der Waals surface area contributed by atoms with Crippen LogP contribution in [0.1, 0.15) is 33.3 Å². The minimum atomic E-state index is -0.801. The molecule has 2 amide bonds. The summed E-state index contributed by atoms with van der Waals surface area (Å²) in [7, 11) is 0. The lowest BCUT2D eigenvalue weighted by Crippen LogP contribution is -2.47. The second-order valence-electron chi connectivity index (χ2n) is 6.68. The van der Waals surface area contributed by atoms with Gasteiger partial charge in [0.25, 0.3) is 5.69 Å². The predicted octanol–water partition coefficient (Wildman–Crippen LogP) is 2.40. The highest BCUT2D eigenvalue weighted by molar-refractivity contribution is 6.00. The Morgan fingerprint density at radius 2 is 2.04 bits per heavy atom. The Hall–Kier alpha value is -2.64. The highest BCUT2D eigenvalue weighted by Crippen LogP contribution is 2.32. The molecule has 0 radical (unpaired) electrons. The zero-order valence-electron chi connectivity index (χ0n) is 14.2. The molecule has 1 heterocycles. The van der Waals surface area contributed by atoms with Crippen LogP contribution in [0.15, 0.2) is 18.2 Å². The molecule has 0 spiro atoms. The number of alkyl carbamates (subject to hydrolysis) is 1. The van der Waals surface area contributed by atoms with E-state index in [1.54, 1.807) is 33.8 Å². The average molecular weight is 335 g/mol. The van der Waals surface area contributed by atoms with Gasteiger partial charge in [-0.05, 0) is 39.7 Å². The number of carbonyl (C=O) groups excluding carboxylic acids is 2. The molecule has 1 N–H and O–H groups in total. The van der Waals surface area contributed by atoms with Crippen LogP contribution >= 0.6 is 0 Å². The standard InChI is InChI=1S/C16H21N3O5/c1-10(17-15(21)24-16(2,3)4)14(20)18-8-7-11-5-6-12(19(22)23)9-13(11)18/h5-6,9-10H,7-8H2,1-4H3,(H,17,21). The predicted molar refractivity (Wildman–Crippen MR) is 88.0 cm³/mol. The van der Waals surface area contributed by atoms with E-state index in [0.717, 1.165) is 5.56 Å². The van der Waals surface area contributed by atoms with Crippen molar-refractivity contribution in [2.75, 3.05) is 11.4 Å². The van der Waals surface area contributed by atoms with E-state index in [4.69, 9.17) is 4.74 Å². The molecule has 1 aliphatic heterocycles. The molecular formula is C16H21N3O5. The van der Waals surface area contributed by atoms with Gasteiger partial charge in [0.05, 0.1) is 10.6 Å². The number of ether oxygens (including phenoxy) is 1. The zero-order chi connectivity index (χ0) is 18.1. The van der Waals surface area contributed by atoms with Crippen molar-refractivity contribution in [2.45, 2.75) is 45.8 Å². The molecule has 0 bridgehead atoms. The van der Waals surface area contributed by atoms with E-state index < -0.39 is 22.7 Å². The average Bonchev–Trinajstić information content (AvgIpc) is 2.86. The van der Waals surface area contributed by atoms with Gasteiger partial charge in [0, 0.05) is 18.7 Å². The highest BCUT2D eigenvalue weighted by Gasteiger charge is 2.31. The van der Waals surface area contributed by atoms with E-state index in [9.17, 15) is 19.7 Å². The number of hydrogen-bond donors (Lipinski definition) is 1. The van der Waals surface area contributed by atoms with Crippen molar-refractivity contribution in [2.24, 2.45) is 0 Å². The minimum Gasteiger partial charge on any atom is -0.444 e. The summed E-state index contributed by atoms with van der Waals surface area (Å²) in [6.07, 6.45) is -0.0556. The Bertz CT molecular complexity index is 681. The van der Waals surface area contributed by atoms with Crippen LogP contribution in [0.25, 0.3) is 0 Å². The van der Waals surface area contributed by atoms with Crippen molar-refractivity contribution in [3.8, 4) is 0 Å². The summed E-state index contributed by atoms with van der Waals surface area (Å²) in [5.41, 5.74) is 0.667. The first-order valence-corrected chi connectivity index (χ1v) is 7.66. The number of nitro benzene ring substituents is 1. The molecule has 1 aromatic carbocycles. The monoisotopic (exact) mass is 335 g/mol. The van der Waals surface area contributed by atoms with Crippen molar-refractivity contribution in [3.05, 3.63) is 33.9 Å². The number of nitrogens with one attached hydrogen (secondary N) is 1. The highest BCUT2D eigenvalue weighted by atomic mass is 16.6. The Morgan fingerprint density at radius 3 is 2.62 bits per heavy atom. The first-order chi connectivity index (χ1) is 11.1. The number of non-ortho nitro benzene ring substituents is 1. The van der Waals surface area contributed by atoms with Crippen LogP contribution in [-0.2, 0) is 16.0 Å². The quantitative estimate of drug-likeness (QED) is 0.675. The van der Waals surface area contributed by atoms with Gasteiger partial charge in [0.1, 0.15) is 11.6 Å². The van der Waals surface area contributed by atoms with Gasteiger partial charge in [-0.15, -0.1) is 0 Å². The van der Waals surface area contributed by atoms with Crippen LogP contribution in [0.3, 0.4) is 0 Å². The van der Waals surface area contributed by atoms with Gasteiger partial charge >= 0.3 is 6.09 Å². The molecular weight excluding hydrogens is 314 g/mol. The van der Waals surface area contributed by atoms with Gasteiger partial charge < -0.3 is 15.0 Å². The lowest BCUT2D eigenvalue weighted by Gasteiger charge is -2.24. The summed E-state index contributed by atoms with van der Waals surface area (Å²) in [6.45, 7) is 7.18. The number of fused-ring (bicyclic) bond motifs is 1. The Labute approximate surface area is 139 Å². The van der Waals surface area contributed by atoms with Crippen LogP contribution in [0.4, 0.5) is 16.2 Å². The SMILES string of the molecule is CC(NC(=O)OC(C)(C)C)C(=O)N1CCc2ccc([N+](=O)[O-])cc21. The Balaban J connectivity index is 2.11. The molecule has 0 aliphatic carbocycles. The second-order valence-corrected chi connectivity index (χ2v) is 6.68. The van der Waals surface area contributed by atoms with Gasteiger partial charge in [-0.25, -0.2) is 4.79 Å². The van der Waals surface area contributed by atoms with E-state index in [0.29, 0.717) is 18.7 Å². The maximum Gasteiger partial charge on any atom is 0.408 e. The van der Waals surface area contributed by atoms with Gasteiger partial charge in [-0.1, -0.05) is 6.07 Å². The fraction of sp³-hybridized carbons (Fsp3) is 0.500. The third-order valence-electron chi connectivity index (χ3n) is 3.54. The van der Waals surface area contributed by atoms with Crippen LogP contribution in [0.2, 0.25) is 0 Å². The Morgan fingerprint density at radius 1 is 1.38 bits per heavy atom. The number of carbonyl (C=O) groups is 2. The third-order valence-corrected chi connectivity index (χ3v) is 3.54. The van der Waals surface area contributed by atoms with Crippen LogP contribution in [0.5, 0.6) is 0 Å². The topological polar surface area (TPSA) is 102 Å².